The zero-order valence-electron chi connectivity index (χ0n) is 23.5. The second-order valence-corrected chi connectivity index (χ2v) is 10.2. The first-order chi connectivity index (χ1) is 19.1. The van der Waals surface area contributed by atoms with Gasteiger partial charge in [-0.25, -0.2) is 4.98 Å². The fourth-order valence-electron chi connectivity index (χ4n) is 4.79. The molecule has 0 spiro atoms. The Balaban J connectivity index is 1.21. The summed E-state index contributed by atoms with van der Waals surface area (Å²) < 4.78 is 13.6. The molecule has 1 aromatic heterocycles. The van der Waals surface area contributed by atoms with Crippen molar-refractivity contribution in [2.24, 2.45) is 0 Å². The maximum Gasteiger partial charge on any atom is 0.255 e. The summed E-state index contributed by atoms with van der Waals surface area (Å²) in [5.41, 5.74) is 4.16. The molecule has 6 heteroatoms. The molecule has 0 saturated heterocycles. The molecule has 0 aliphatic heterocycles. The lowest BCUT2D eigenvalue weighted by Crippen LogP contribution is -2.24. The quantitative estimate of drug-likeness (QED) is 0.166. The fourth-order valence-corrected chi connectivity index (χ4v) is 4.79. The maximum atomic E-state index is 12.5. The predicted molar refractivity (Wildman–Crippen MR) is 158 cm³/mol. The first-order valence-corrected chi connectivity index (χ1v) is 14.1. The van der Waals surface area contributed by atoms with Crippen molar-refractivity contribution in [1.29, 1.82) is 0 Å². The molecule has 0 bridgehead atoms. The van der Waals surface area contributed by atoms with Gasteiger partial charge in [0.05, 0.1) is 30.3 Å². The van der Waals surface area contributed by atoms with Crippen LogP contribution < -0.4 is 14.8 Å². The van der Waals surface area contributed by atoms with Crippen LogP contribution in [-0.4, -0.2) is 35.7 Å². The number of rotatable bonds is 15. The highest BCUT2D eigenvalue weighted by molar-refractivity contribution is 5.96. The molecule has 0 atom stereocenters. The summed E-state index contributed by atoms with van der Waals surface area (Å²) in [6.45, 7) is 6.69. The normalized spacial score (nSPS) is 11.2. The average Bonchev–Trinajstić information content (AvgIpc) is 3.32. The van der Waals surface area contributed by atoms with Crippen molar-refractivity contribution in [2.45, 2.75) is 64.8 Å². The minimum atomic E-state index is -0.0919. The van der Waals surface area contributed by atoms with E-state index in [1.807, 2.05) is 18.2 Å². The number of amides is 1. The van der Waals surface area contributed by atoms with E-state index in [-0.39, 0.29) is 5.91 Å². The number of methoxy groups -OCH3 is 1. The number of ether oxygens (including phenoxy) is 2. The van der Waals surface area contributed by atoms with Gasteiger partial charge in [0.1, 0.15) is 17.3 Å². The van der Waals surface area contributed by atoms with Gasteiger partial charge in [-0.3, -0.25) is 4.79 Å². The third-order valence-corrected chi connectivity index (χ3v) is 7.04. The molecule has 0 unspecified atom stereocenters. The van der Waals surface area contributed by atoms with Gasteiger partial charge in [-0.15, -0.1) is 0 Å². The Morgan fingerprint density at radius 2 is 1.67 bits per heavy atom. The van der Waals surface area contributed by atoms with Crippen molar-refractivity contribution >= 4 is 16.9 Å². The van der Waals surface area contributed by atoms with Crippen LogP contribution in [0.1, 0.15) is 73.6 Å². The number of nitrogens with one attached hydrogen (secondary N) is 1. The Morgan fingerprint density at radius 3 is 2.46 bits per heavy atom. The van der Waals surface area contributed by atoms with Crippen molar-refractivity contribution in [3.05, 3.63) is 89.7 Å². The zero-order chi connectivity index (χ0) is 27.5. The lowest BCUT2D eigenvalue weighted by molar-refractivity contribution is 0.0950. The van der Waals surface area contributed by atoms with Crippen LogP contribution in [0.4, 0.5) is 0 Å². The smallest absolute Gasteiger partial charge is 0.255 e. The number of imidazole rings is 1. The number of aryl methyl sites for hydroxylation is 2. The van der Waals surface area contributed by atoms with E-state index >= 15 is 0 Å². The number of fused-ring (bicyclic) bond motifs is 1. The molecule has 0 saturated carbocycles. The van der Waals surface area contributed by atoms with E-state index in [0.29, 0.717) is 30.4 Å². The van der Waals surface area contributed by atoms with Crippen molar-refractivity contribution in [2.75, 3.05) is 20.3 Å². The molecule has 1 N–H and O–H groups in total. The molecule has 4 rings (SSSR count). The SMILES string of the molecule is COc1ccccc1C(=O)NCCCCCc1nc2ccccc2n1CCCCOc1ccc(C(C)C)cc1. The zero-order valence-corrected chi connectivity index (χ0v) is 23.5. The van der Waals surface area contributed by atoms with Crippen LogP contribution in [-0.2, 0) is 13.0 Å². The molecule has 0 fully saturated rings. The number of carbonyl (C=O) groups is 1. The molecule has 4 aromatic rings. The summed E-state index contributed by atoms with van der Waals surface area (Å²) >= 11 is 0. The number of para-hydroxylation sites is 3. The molecular formula is C33H41N3O3. The Kier molecular flexibility index (Phi) is 10.4. The summed E-state index contributed by atoms with van der Waals surface area (Å²) in [6, 6.07) is 24.1. The van der Waals surface area contributed by atoms with E-state index < -0.39 is 0 Å². The summed E-state index contributed by atoms with van der Waals surface area (Å²) in [4.78, 5) is 17.4. The van der Waals surface area contributed by atoms with Gasteiger partial charge in [0.25, 0.3) is 5.91 Å². The molecule has 3 aromatic carbocycles. The van der Waals surface area contributed by atoms with Crippen LogP contribution in [0.3, 0.4) is 0 Å². The monoisotopic (exact) mass is 527 g/mol. The molecule has 1 heterocycles. The molecule has 0 radical (unpaired) electrons. The Labute approximate surface area is 232 Å². The summed E-state index contributed by atoms with van der Waals surface area (Å²) in [6.07, 6.45) is 5.93. The van der Waals surface area contributed by atoms with E-state index in [2.05, 4.69) is 66.2 Å². The first kappa shape index (κ1) is 28.2. The molecule has 1 amide bonds. The van der Waals surface area contributed by atoms with Gasteiger partial charge in [0.15, 0.2) is 0 Å². The highest BCUT2D eigenvalue weighted by atomic mass is 16.5. The van der Waals surface area contributed by atoms with E-state index in [9.17, 15) is 4.79 Å². The van der Waals surface area contributed by atoms with Gasteiger partial charge >= 0.3 is 0 Å². The standard InChI is InChI=1S/C33H41N3O3/c1-25(2)26-18-20-27(21-19-26)39-24-12-11-23-36-30-15-8-7-14-29(30)35-32(36)17-5-4-10-22-34-33(37)28-13-6-9-16-31(28)38-3/h6-9,13-16,18-21,25H,4-5,10-12,17,22-24H2,1-3H3,(H,34,37). The van der Waals surface area contributed by atoms with Crippen molar-refractivity contribution in [1.82, 2.24) is 14.9 Å². The van der Waals surface area contributed by atoms with Crippen LogP contribution in [0.5, 0.6) is 11.5 Å². The summed E-state index contributed by atoms with van der Waals surface area (Å²) in [7, 11) is 1.58. The van der Waals surface area contributed by atoms with Crippen molar-refractivity contribution in [3.8, 4) is 11.5 Å². The van der Waals surface area contributed by atoms with Crippen LogP contribution >= 0.6 is 0 Å². The van der Waals surface area contributed by atoms with E-state index in [1.54, 1.807) is 19.2 Å². The van der Waals surface area contributed by atoms with Gasteiger partial charge in [-0.1, -0.05) is 56.7 Å². The number of unbranched alkanes of at least 4 members (excludes halogenated alkanes) is 3. The van der Waals surface area contributed by atoms with Crippen LogP contribution in [0.15, 0.2) is 72.8 Å². The van der Waals surface area contributed by atoms with Crippen LogP contribution in [0.25, 0.3) is 11.0 Å². The number of benzene rings is 3. The summed E-state index contributed by atoms with van der Waals surface area (Å²) in [5, 5.41) is 3.01. The second kappa shape index (κ2) is 14.4. The first-order valence-electron chi connectivity index (χ1n) is 14.1. The highest BCUT2D eigenvalue weighted by Gasteiger charge is 2.12. The highest BCUT2D eigenvalue weighted by Crippen LogP contribution is 2.21. The fraction of sp³-hybridized carbons (Fsp3) is 0.394. The topological polar surface area (TPSA) is 65.4 Å². The Hall–Kier alpha value is -3.80. The molecule has 0 aliphatic rings. The number of nitrogens with zero attached hydrogens (tertiary/aromatic N) is 2. The van der Waals surface area contributed by atoms with Gasteiger partial charge in [0, 0.05) is 19.5 Å². The van der Waals surface area contributed by atoms with Gasteiger partial charge in [-0.05, 0) is 73.6 Å². The van der Waals surface area contributed by atoms with Gasteiger partial charge < -0.3 is 19.4 Å². The minimum Gasteiger partial charge on any atom is -0.496 e. The average molecular weight is 528 g/mol. The second-order valence-electron chi connectivity index (χ2n) is 10.2. The predicted octanol–water partition coefficient (Wildman–Crippen LogP) is 7.17. The van der Waals surface area contributed by atoms with E-state index in [4.69, 9.17) is 14.5 Å². The third-order valence-electron chi connectivity index (χ3n) is 7.04. The molecule has 6 nitrogen and oxygen atoms in total. The van der Waals surface area contributed by atoms with Gasteiger partial charge in [0.2, 0.25) is 0 Å². The minimum absolute atomic E-state index is 0.0919. The molecule has 0 aliphatic carbocycles. The van der Waals surface area contributed by atoms with E-state index in [0.717, 1.165) is 62.2 Å². The molecular weight excluding hydrogens is 486 g/mol. The molecule has 206 valence electrons. The lowest BCUT2D eigenvalue weighted by atomic mass is 10.0. The Morgan fingerprint density at radius 1 is 0.897 bits per heavy atom. The number of hydrogen-bond donors (Lipinski definition) is 1. The largest absolute Gasteiger partial charge is 0.496 e. The van der Waals surface area contributed by atoms with Crippen molar-refractivity contribution < 1.29 is 14.3 Å². The van der Waals surface area contributed by atoms with Crippen molar-refractivity contribution in [3.63, 3.8) is 0 Å². The third kappa shape index (κ3) is 7.85. The number of carbonyl (C=O) groups excluding carboxylic acids is 1. The van der Waals surface area contributed by atoms with Crippen LogP contribution in [0.2, 0.25) is 0 Å². The van der Waals surface area contributed by atoms with Gasteiger partial charge in [-0.2, -0.15) is 0 Å². The number of aromatic nitrogens is 2. The van der Waals surface area contributed by atoms with Crippen LogP contribution in [0, 0.1) is 0 Å². The summed E-state index contributed by atoms with van der Waals surface area (Å²) in [5.74, 6) is 3.11. The Bertz CT molecular complexity index is 1330. The lowest BCUT2D eigenvalue weighted by Gasteiger charge is -2.11. The number of hydrogen-bond acceptors (Lipinski definition) is 4. The molecule has 39 heavy (non-hydrogen) atoms. The van der Waals surface area contributed by atoms with E-state index in [1.165, 1.54) is 11.1 Å². The maximum absolute atomic E-state index is 12.5.